The maximum Gasteiger partial charge on any atom is 0.00636 e. The van der Waals surface area contributed by atoms with Gasteiger partial charge in [0.2, 0.25) is 0 Å². The topological polar surface area (TPSA) is 0 Å². The van der Waals surface area contributed by atoms with Crippen LogP contribution in [0.2, 0.25) is 0 Å². The Hall–Kier alpha value is -1.56. The third-order valence-corrected chi connectivity index (χ3v) is 6.60. The van der Waals surface area contributed by atoms with E-state index in [9.17, 15) is 0 Å². The summed E-state index contributed by atoms with van der Waals surface area (Å²) in [7, 11) is 0. The van der Waals surface area contributed by atoms with Gasteiger partial charge in [-0.15, -0.1) is 0 Å². The molecule has 0 heterocycles. The molecular formula is C20H18. The first kappa shape index (κ1) is 10.2. The van der Waals surface area contributed by atoms with Gasteiger partial charge in [-0.05, 0) is 46.7 Å². The van der Waals surface area contributed by atoms with Crippen molar-refractivity contribution in [1.82, 2.24) is 0 Å². The highest BCUT2D eigenvalue weighted by atomic mass is 14.5. The number of allylic oxidation sites excluding steroid dienone is 12. The first-order chi connectivity index (χ1) is 9.90. The normalized spacial score (nSPS) is 54.8. The minimum atomic E-state index is 0.696. The third-order valence-electron chi connectivity index (χ3n) is 6.60. The standard InChI is InChI=1S/C20H18/c1-3-13-9-17(15-7-5-11(1)19(13)15)18-10-14-4-2-12-6-8-16(18)20(12)14/h1-16,19-20H/t11-,12-,13-,14+,15-,16+,19+,20-/m1/s1. The van der Waals surface area contributed by atoms with E-state index in [1.807, 2.05) is 0 Å². The molecular weight excluding hydrogens is 240 g/mol. The third kappa shape index (κ3) is 1.01. The smallest absolute Gasteiger partial charge is 0.00636 e. The van der Waals surface area contributed by atoms with Crippen LogP contribution in [0, 0.1) is 47.3 Å². The van der Waals surface area contributed by atoms with Crippen molar-refractivity contribution in [3.8, 4) is 0 Å². The molecule has 0 aliphatic heterocycles. The van der Waals surface area contributed by atoms with Gasteiger partial charge >= 0.3 is 0 Å². The molecule has 20 heavy (non-hydrogen) atoms. The quantitative estimate of drug-likeness (QED) is 0.622. The second kappa shape index (κ2) is 3.19. The molecule has 0 radical (unpaired) electrons. The van der Waals surface area contributed by atoms with Crippen LogP contribution in [0.5, 0.6) is 0 Å². The molecule has 0 nitrogen and oxygen atoms in total. The van der Waals surface area contributed by atoms with Gasteiger partial charge in [-0.1, -0.05) is 60.8 Å². The van der Waals surface area contributed by atoms with E-state index in [1.165, 1.54) is 0 Å². The van der Waals surface area contributed by atoms with Gasteiger partial charge in [0.1, 0.15) is 0 Å². The molecule has 98 valence electrons. The molecule has 0 saturated heterocycles. The first-order valence-corrected chi connectivity index (χ1v) is 8.07. The Morgan fingerprint density at radius 3 is 1.35 bits per heavy atom. The van der Waals surface area contributed by atoms with Crippen LogP contribution in [-0.2, 0) is 0 Å². The lowest BCUT2D eigenvalue weighted by Gasteiger charge is -2.22. The Morgan fingerprint density at radius 2 is 0.850 bits per heavy atom. The van der Waals surface area contributed by atoms with Crippen LogP contribution in [0.25, 0.3) is 0 Å². The van der Waals surface area contributed by atoms with E-state index in [0.29, 0.717) is 35.5 Å². The second-order valence-electron chi connectivity index (χ2n) is 7.30. The fourth-order valence-electron chi connectivity index (χ4n) is 5.80. The van der Waals surface area contributed by atoms with Crippen molar-refractivity contribution in [1.29, 1.82) is 0 Å². The molecule has 0 heteroatoms. The summed E-state index contributed by atoms with van der Waals surface area (Å²) < 4.78 is 0. The fraction of sp³-hybridized carbons (Fsp3) is 0.400. The molecule has 0 unspecified atom stereocenters. The summed E-state index contributed by atoms with van der Waals surface area (Å²) in [5.41, 5.74) is 3.34. The molecule has 0 fully saturated rings. The Morgan fingerprint density at radius 1 is 0.450 bits per heavy atom. The summed E-state index contributed by atoms with van der Waals surface area (Å²) in [6, 6.07) is 0. The van der Waals surface area contributed by atoms with Crippen LogP contribution < -0.4 is 0 Å². The van der Waals surface area contributed by atoms with Crippen molar-refractivity contribution >= 4 is 0 Å². The SMILES string of the molecule is C1=C[C@@H]2C=C(C3=C[C@@H]4C=C[C@@H]5C=C[C@@H]3[C@H]54)[C@H]3C=C[C@@H]1[C@@H]23. The predicted octanol–water partition coefficient (Wildman–Crippen LogP) is 4.08. The average molecular weight is 258 g/mol. The summed E-state index contributed by atoms with van der Waals surface area (Å²) in [5.74, 6) is 5.87. The molecule has 8 atom stereocenters. The zero-order valence-corrected chi connectivity index (χ0v) is 11.4. The van der Waals surface area contributed by atoms with Crippen LogP contribution in [-0.4, -0.2) is 0 Å². The van der Waals surface area contributed by atoms with Gasteiger partial charge in [-0.25, -0.2) is 0 Å². The molecule has 6 rings (SSSR count). The van der Waals surface area contributed by atoms with E-state index in [0.717, 1.165) is 11.8 Å². The number of hydrogen-bond acceptors (Lipinski definition) is 0. The van der Waals surface area contributed by atoms with Crippen LogP contribution >= 0.6 is 0 Å². The highest BCUT2D eigenvalue weighted by Gasteiger charge is 2.50. The zero-order valence-electron chi connectivity index (χ0n) is 11.4. The summed E-state index contributed by atoms with van der Waals surface area (Å²) in [6.45, 7) is 0. The highest BCUT2D eigenvalue weighted by molar-refractivity contribution is 5.53. The van der Waals surface area contributed by atoms with E-state index in [4.69, 9.17) is 0 Å². The maximum absolute atomic E-state index is 2.59. The lowest BCUT2D eigenvalue weighted by atomic mass is 9.81. The van der Waals surface area contributed by atoms with Gasteiger partial charge in [0.15, 0.2) is 0 Å². The molecule has 0 aromatic heterocycles. The molecule has 6 aliphatic rings. The molecule has 0 saturated carbocycles. The average Bonchev–Trinajstić information content (AvgIpc) is 3.18. The van der Waals surface area contributed by atoms with Crippen molar-refractivity contribution in [3.05, 3.63) is 71.9 Å². The van der Waals surface area contributed by atoms with Gasteiger partial charge in [0, 0.05) is 11.8 Å². The molecule has 0 spiro atoms. The first-order valence-electron chi connectivity index (χ1n) is 8.07. The van der Waals surface area contributed by atoms with Crippen molar-refractivity contribution < 1.29 is 0 Å². The van der Waals surface area contributed by atoms with Crippen LogP contribution in [0.1, 0.15) is 0 Å². The molecule has 0 N–H and O–H groups in total. The minimum Gasteiger partial charge on any atom is -0.0807 e. The summed E-state index contributed by atoms with van der Waals surface area (Å²) >= 11 is 0. The molecule has 0 aromatic rings. The van der Waals surface area contributed by atoms with E-state index in [1.54, 1.807) is 11.1 Å². The zero-order chi connectivity index (χ0) is 12.8. The minimum absolute atomic E-state index is 0.696. The Bertz CT molecular complexity index is 621. The molecule has 0 aromatic carbocycles. The number of rotatable bonds is 1. The second-order valence-corrected chi connectivity index (χ2v) is 7.30. The summed E-state index contributed by atoms with van der Waals surface area (Å²) in [6.07, 6.45) is 24.8. The molecule has 0 bridgehead atoms. The van der Waals surface area contributed by atoms with Crippen LogP contribution in [0.15, 0.2) is 71.9 Å². The van der Waals surface area contributed by atoms with E-state index >= 15 is 0 Å². The Labute approximate surface area is 120 Å². The molecule has 0 amide bonds. The molecule has 6 aliphatic carbocycles. The van der Waals surface area contributed by atoms with Gasteiger partial charge in [-0.3, -0.25) is 0 Å². The monoisotopic (exact) mass is 258 g/mol. The largest absolute Gasteiger partial charge is 0.0807 e. The van der Waals surface area contributed by atoms with Crippen molar-refractivity contribution in [3.63, 3.8) is 0 Å². The van der Waals surface area contributed by atoms with Gasteiger partial charge in [0.25, 0.3) is 0 Å². The van der Waals surface area contributed by atoms with E-state index < -0.39 is 0 Å². The maximum atomic E-state index is 2.59. The van der Waals surface area contributed by atoms with Gasteiger partial charge < -0.3 is 0 Å². The fourth-order valence-corrected chi connectivity index (χ4v) is 5.80. The van der Waals surface area contributed by atoms with Gasteiger partial charge in [-0.2, -0.15) is 0 Å². The van der Waals surface area contributed by atoms with Crippen molar-refractivity contribution in [2.75, 3.05) is 0 Å². The predicted molar refractivity (Wildman–Crippen MR) is 80.6 cm³/mol. The Kier molecular flexibility index (Phi) is 1.63. The van der Waals surface area contributed by atoms with Crippen molar-refractivity contribution in [2.24, 2.45) is 47.3 Å². The summed E-state index contributed by atoms with van der Waals surface area (Å²) in [4.78, 5) is 0. The summed E-state index contributed by atoms with van der Waals surface area (Å²) in [5, 5.41) is 0. The van der Waals surface area contributed by atoms with Crippen LogP contribution in [0.4, 0.5) is 0 Å². The highest BCUT2D eigenvalue weighted by Crippen LogP contribution is 2.59. The van der Waals surface area contributed by atoms with E-state index in [2.05, 4.69) is 60.8 Å². The van der Waals surface area contributed by atoms with Crippen LogP contribution in [0.3, 0.4) is 0 Å². The number of hydrogen-bond donors (Lipinski definition) is 0. The van der Waals surface area contributed by atoms with E-state index in [-0.39, 0.29) is 0 Å². The lowest BCUT2D eigenvalue weighted by Crippen LogP contribution is -2.16. The van der Waals surface area contributed by atoms with Crippen molar-refractivity contribution in [2.45, 2.75) is 0 Å². The van der Waals surface area contributed by atoms with Gasteiger partial charge in [0.05, 0.1) is 0 Å². The lowest BCUT2D eigenvalue weighted by molar-refractivity contribution is 0.398. The Balaban J connectivity index is 1.47.